The van der Waals surface area contributed by atoms with Crippen LogP contribution in [0.1, 0.15) is 32.8 Å². The van der Waals surface area contributed by atoms with Crippen molar-refractivity contribution in [2.75, 3.05) is 13.1 Å². The van der Waals surface area contributed by atoms with Crippen LogP contribution in [0, 0.1) is 0 Å². The van der Waals surface area contributed by atoms with Crippen LogP contribution in [0.4, 0.5) is 4.79 Å². The molecule has 1 aromatic rings. The summed E-state index contributed by atoms with van der Waals surface area (Å²) < 4.78 is 5.18. The Hall–Kier alpha value is -2.20. The molecule has 0 fully saturated rings. The molecule has 144 valence electrons. The Balaban J connectivity index is 2.00. The molecule has 27 heavy (non-hydrogen) atoms. The van der Waals surface area contributed by atoms with E-state index in [4.69, 9.17) is 27.9 Å². The SMILES string of the molecule is CC(C)(C)OC(=O)NCCNC1=CCC(=C=O)C(c2ccc(Cl)cc2Cl)=C1. The van der Waals surface area contributed by atoms with Crippen molar-refractivity contribution >= 4 is 40.8 Å². The van der Waals surface area contributed by atoms with Crippen LogP contribution in [0.15, 0.2) is 41.6 Å². The van der Waals surface area contributed by atoms with Crippen molar-refractivity contribution < 1.29 is 14.3 Å². The summed E-state index contributed by atoms with van der Waals surface area (Å²) in [7, 11) is 0. The van der Waals surface area contributed by atoms with Crippen LogP contribution in [0.5, 0.6) is 0 Å². The maximum absolute atomic E-state index is 11.6. The first-order chi connectivity index (χ1) is 12.7. The highest BCUT2D eigenvalue weighted by molar-refractivity contribution is 6.36. The summed E-state index contributed by atoms with van der Waals surface area (Å²) in [6, 6.07) is 5.14. The lowest BCUT2D eigenvalue weighted by molar-refractivity contribution is 0.0528. The summed E-state index contributed by atoms with van der Waals surface area (Å²) in [4.78, 5) is 22.9. The van der Waals surface area contributed by atoms with Crippen LogP contribution < -0.4 is 10.6 Å². The number of ether oxygens (including phenoxy) is 1. The second-order valence-corrected chi connectivity index (χ2v) is 7.83. The Bertz CT molecular complexity index is 832. The normalized spacial score (nSPS) is 14.0. The molecule has 0 atom stereocenters. The largest absolute Gasteiger partial charge is 0.444 e. The smallest absolute Gasteiger partial charge is 0.407 e. The van der Waals surface area contributed by atoms with E-state index >= 15 is 0 Å². The van der Waals surface area contributed by atoms with Gasteiger partial charge in [-0.2, -0.15) is 0 Å². The van der Waals surface area contributed by atoms with Gasteiger partial charge in [0.1, 0.15) is 11.5 Å². The molecule has 0 saturated carbocycles. The quantitative estimate of drug-likeness (QED) is 0.554. The predicted molar refractivity (Wildman–Crippen MR) is 109 cm³/mol. The van der Waals surface area contributed by atoms with Crippen LogP contribution in [0.2, 0.25) is 10.0 Å². The van der Waals surface area contributed by atoms with E-state index in [0.717, 1.165) is 11.3 Å². The number of carbonyl (C=O) groups is 1. The van der Waals surface area contributed by atoms with Crippen molar-refractivity contribution in [1.29, 1.82) is 0 Å². The number of allylic oxidation sites excluding steroid dienone is 4. The first-order valence-electron chi connectivity index (χ1n) is 8.52. The van der Waals surface area contributed by atoms with Crippen LogP contribution in [0.25, 0.3) is 5.57 Å². The van der Waals surface area contributed by atoms with Gasteiger partial charge >= 0.3 is 6.09 Å². The number of amides is 1. The summed E-state index contributed by atoms with van der Waals surface area (Å²) in [5.74, 6) is 1.98. The lowest BCUT2D eigenvalue weighted by Gasteiger charge is -2.20. The van der Waals surface area contributed by atoms with Gasteiger partial charge in [-0.1, -0.05) is 35.3 Å². The van der Waals surface area contributed by atoms with E-state index in [1.54, 1.807) is 18.2 Å². The first-order valence-corrected chi connectivity index (χ1v) is 9.27. The fourth-order valence-electron chi connectivity index (χ4n) is 2.48. The fourth-order valence-corrected chi connectivity index (χ4v) is 2.99. The van der Waals surface area contributed by atoms with Crippen molar-refractivity contribution in [2.45, 2.75) is 32.8 Å². The van der Waals surface area contributed by atoms with Gasteiger partial charge in [0.05, 0.1) is 0 Å². The predicted octanol–water partition coefficient (Wildman–Crippen LogP) is 4.54. The van der Waals surface area contributed by atoms with E-state index in [9.17, 15) is 9.59 Å². The van der Waals surface area contributed by atoms with Crippen molar-refractivity contribution in [3.05, 3.63) is 57.2 Å². The maximum atomic E-state index is 11.6. The summed E-state index contributed by atoms with van der Waals surface area (Å²) in [5, 5.41) is 6.89. The van der Waals surface area contributed by atoms with Gasteiger partial charge in [0.2, 0.25) is 0 Å². The lowest BCUT2D eigenvalue weighted by Crippen LogP contribution is -2.36. The number of alkyl carbamates (subject to hydrolysis) is 1. The van der Waals surface area contributed by atoms with Crippen LogP contribution in [0.3, 0.4) is 0 Å². The van der Waals surface area contributed by atoms with Crippen molar-refractivity contribution in [2.24, 2.45) is 0 Å². The van der Waals surface area contributed by atoms with E-state index in [1.807, 2.05) is 38.9 Å². The molecule has 0 aliphatic heterocycles. The van der Waals surface area contributed by atoms with E-state index in [0.29, 0.717) is 40.7 Å². The van der Waals surface area contributed by atoms with Crippen LogP contribution in [-0.2, 0) is 9.53 Å². The molecule has 0 saturated heterocycles. The first kappa shape index (κ1) is 21.1. The number of hydrogen-bond donors (Lipinski definition) is 2. The Labute approximate surface area is 169 Å². The highest BCUT2D eigenvalue weighted by Crippen LogP contribution is 2.34. The van der Waals surface area contributed by atoms with E-state index in [2.05, 4.69) is 10.6 Å². The monoisotopic (exact) mass is 408 g/mol. The number of carbonyl (C=O) groups excluding carboxylic acids is 2. The van der Waals surface area contributed by atoms with Gasteiger partial charge in [0.15, 0.2) is 0 Å². The summed E-state index contributed by atoms with van der Waals surface area (Å²) in [5.41, 5.74) is 2.25. The zero-order valence-electron chi connectivity index (χ0n) is 15.5. The molecule has 2 rings (SSSR count). The van der Waals surface area contributed by atoms with Crippen LogP contribution in [-0.4, -0.2) is 30.7 Å². The molecule has 1 aliphatic rings. The molecular formula is C20H22Cl2N2O3. The number of halogens is 2. The van der Waals surface area contributed by atoms with Gasteiger partial charge < -0.3 is 15.4 Å². The summed E-state index contributed by atoms with van der Waals surface area (Å²) in [6.07, 6.45) is 3.71. The van der Waals surface area contributed by atoms with Crippen molar-refractivity contribution in [3.63, 3.8) is 0 Å². The molecule has 1 aliphatic carbocycles. The second kappa shape index (κ2) is 9.14. The second-order valence-electron chi connectivity index (χ2n) is 6.98. The fraction of sp³-hybridized carbons (Fsp3) is 0.350. The van der Waals surface area contributed by atoms with Gasteiger partial charge in [-0.25, -0.2) is 9.59 Å². The Morgan fingerprint density at radius 3 is 2.63 bits per heavy atom. The van der Waals surface area contributed by atoms with Gasteiger partial charge in [-0.15, -0.1) is 0 Å². The van der Waals surface area contributed by atoms with Gasteiger partial charge in [0.25, 0.3) is 0 Å². The van der Waals surface area contributed by atoms with Gasteiger partial charge in [-0.3, -0.25) is 0 Å². The van der Waals surface area contributed by atoms with E-state index in [-0.39, 0.29) is 0 Å². The zero-order valence-corrected chi connectivity index (χ0v) is 17.0. The standard InChI is InChI=1S/C20H22Cl2N2O3/c1-20(2,3)27-19(26)24-9-8-23-15-6-4-13(12-25)17(11-15)16-7-5-14(21)10-18(16)22/h5-7,10-11,23H,4,8-9H2,1-3H3,(H,24,26). The minimum Gasteiger partial charge on any atom is -0.444 e. The average molecular weight is 409 g/mol. The molecule has 7 heteroatoms. The third-order valence-electron chi connectivity index (χ3n) is 3.62. The maximum Gasteiger partial charge on any atom is 0.407 e. The Kier molecular flexibility index (Phi) is 7.14. The summed E-state index contributed by atoms with van der Waals surface area (Å²) >= 11 is 12.2. The zero-order chi connectivity index (χ0) is 20.0. The molecule has 1 amide bonds. The topological polar surface area (TPSA) is 67.4 Å². The highest BCUT2D eigenvalue weighted by atomic mass is 35.5. The molecular weight excluding hydrogens is 387 g/mol. The van der Waals surface area contributed by atoms with Gasteiger partial charge in [0, 0.05) is 46.4 Å². The molecule has 2 N–H and O–H groups in total. The van der Waals surface area contributed by atoms with Crippen LogP contribution >= 0.6 is 23.2 Å². The average Bonchev–Trinajstić information content (AvgIpc) is 2.57. The number of benzene rings is 1. The third-order valence-corrected chi connectivity index (χ3v) is 4.17. The Morgan fingerprint density at radius 2 is 2.00 bits per heavy atom. The molecule has 5 nitrogen and oxygen atoms in total. The molecule has 0 unspecified atom stereocenters. The summed E-state index contributed by atoms with van der Waals surface area (Å²) in [6.45, 7) is 6.33. The number of rotatable bonds is 5. The minimum atomic E-state index is -0.531. The lowest BCUT2D eigenvalue weighted by atomic mass is 9.92. The van der Waals surface area contributed by atoms with E-state index in [1.165, 1.54) is 0 Å². The highest BCUT2D eigenvalue weighted by Gasteiger charge is 2.17. The van der Waals surface area contributed by atoms with Crippen molar-refractivity contribution in [1.82, 2.24) is 10.6 Å². The third kappa shape index (κ3) is 6.47. The Morgan fingerprint density at radius 1 is 1.26 bits per heavy atom. The number of nitrogens with one attached hydrogen (secondary N) is 2. The van der Waals surface area contributed by atoms with Gasteiger partial charge in [-0.05, 0) is 44.6 Å². The molecule has 0 spiro atoms. The molecule has 0 bridgehead atoms. The van der Waals surface area contributed by atoms with Crippen molar-refractivity contribution in [3.8, 4) is 0 Å². The minimum absolute atomic E-state index is 0.396. The number of hydrogen-bond acceptors (Lipinski definition) is 4. The molecule has 0 aromatic heterocycles. The molecule has 0 radical (unpaired) electrons. The van der Waals surface area contributed by atoms with E-state index < -0.39 is 11.7 Å². The molecule has 1 aromatic carbocycles. The molecule has 0 heterocycles.